The first-order valence-corrected chi connectivity index (χ1v) is 5.65. The first-order valence-electron chi connectivity index (χ1n) is 5.65. The second-order valence-electron chi connectivity index (χ2n) is 4.40. The highest BCUT2D eigenvalue weighted by atomic mass is 16.3. The molecule has 1 fully saturated rings. The van der Waals surface area contributed by atoms with Crippen LogP contribution >= 0.6 is 0 Å². The fraction of sp³-hybridized carbons (Fsp3) is 0.583. The summed E-state index contributed by atoms with van der Waals surface area (Å²) in [5.74, 6) is 1.34. The summed E-state index contributed by atoms with van der Waals surface area (Å²) in [4.78, 5) is 15.7. The first kappa shape index (κ1) is 11.4. The maximum Gasteiger partial charge on any atom is 0.194 e. The molecule has 0 aliphatic carbocycles. The molecule has 0 aromatic carbocycles. The summed E-state index contributed by atoms with van der Waals surface area (Å²) in [7, 11) is 2.14. The van der Waals surface area contributed by atoms with Gasteiger partial charge in [0.25, 0.3) is 0 Å². The summed E-state index contributed by atoms with van der Waals surface area (Å²) in [5.41, 5.74) is 0. The van der Waals surface area contributed by atoms with Gasteiger partial charge in [0.2, 0.25) is 0 Å². The second-order valence-corrected chi connectivity index (χ2v) is 4.40. The van der Waals surface area contributed by atoms with E-state index in [2.05, 4.69) is 16.8 Å². The minimum atomic E-state index is -0.00960. The maximum atomic E-state index is 11.1. The van der Waals surface area contributed by atoms with E-state index in [1.54, 1.807) is 6.07 Å². The summed E-state index contributed by atoms with van der Waals surface area (Å²) < 4.78 is 5.47. The molecule has 0 unspecified atom stereocenters. The highest BCUT2D eigenvalue weighted by molar-refractivity contribution is 5.91. The van der Waals surface area contributed by atoms with Crippen molar-refractivity contribution in [3.8, 4) is 0 Å². The third kappa shape index (κ3) is 2.71. The first-order chi connectivity index (χ1) is 7.65. The largest absolute Gasteiger partial charge is 0.457 e. The predicted molar refractivity (Wildman–Crippen MR) is 61.5 cm³/mol. The topological polar surface area (TPSA) is 36.7 Å². The van der Waals surface area contributed by atoms with E-state index in [-0.39, 0.29) is 5.78 Å². The lowest BCUT2D eigenvalue weighted by atomic mass is 10.3. The molecule has 1 aromatic heterocycles. The van der Waals surface area contributed by atoms with Crippen molar-refractivity contribution >= 4 is 5.78 Å². The quantitative estimate of drug-likeness (QED) is 0.721. The van der Waals surface area contributed by atoms with Crippen molar-refractivity contribution in [1.29, 1.82) is 0 Å². The number of piperazine rings is 1. The van der Waals surface area contributed by atoms with Crippen molar-refractivity contribution in [2.24, 2.45) is 0 Å². The van der Waals surface area contributed by atoms with Crippen molar-refractivity contribution in [2.45, 2.75) is 13.5 Å². The van der Waals surface area contributed by atoms with Gasteiger partial charge < -0.3 is 9.32 Å². The molecule has 1 aliphatic rings. The molecule has 4 nitrogen and oxygen atoms in total. The molecule has 0 N–H and O–H groups in total. The monoisotopic (exact) mass is 222 g/mol. The Hall–Kier alpha value is -1.13. The predicted octanol–water partition coefficient (Wildman–Crippen LogP) is 1.23. The molecule has 0 atom stereocenters. The normalized spacial score (nSPS) is 18.9. The smallest absolute Gasteiger partial charge is 0.194 e. The summed E-state index contributed by atoms with van der Waals surface area (Å²) in [6.45, 7) is 6.65. The van der Waals surface area contributed by atoms with Crippen molar-refractivity contribution in [1.82, 2.24) is 9.80 Å². The van der Waals surface area contributed by atoms with E-state index < -0.39 is 0 Å². The van der Waals surface area contributed by atoms with Crippen LogP contribution in [-0.2, 0) is 6.54 Å². The van der Waals surface area contributed by atoms with Gasteiger partial charge in [-0.1, -0.05) is 0 Å². The van der Waals surface area contributed by atoms with Gasteiger partial charge in [0.15, 0.2) is 11.5 Å². The molecular weight excluding hydrogens is 204 g/mol. The van der Waals surface area contributed by atoms with E-state index in [9.17, 15) is 4.79 Å². The van der Waals surface area contributed by atoms with Crippen LogP contribution in [-0.4, -0.2) is 48.8 Å². The lowest BCUT2D eigenvalue weighted by Crippen LogP contribution is -2.43. The number of rotatable bonds is 3. The van der Waals surface area contributed by atoms with Crippen LogP contribution in [0.3, 0.4) is 0 Å². The molecule has 0 amide bonds. The number of nitrogens with zero attached hydrogens (tertiary/aromatic N) is 2. The molecule has 1 aliphatic heterocycles. The van der Waals surface area contributed by atoms with Crippen LogP contribution in [0.2, 0.25) is 0 Å². The third-order valence-electron chi connectivity index (χ3n) is 2.98. The lowest BCUT2D eigenvalue weighted by Gasteiger charge is -2.31. The molecule has 0 saturated carbocycles. The molecule has 1 aromatic rings. The molecule has 2 heterocycles. The number of furan rings is 1. The zero-order valence-corrected chi connectivity index (χ0v) is 9.90. The zero-order valence-electron chi connectivity index (χ0n) is 9.90. The van der Waals surface area contributed by atoms with Crippen molar-refractivity contribution < 1.29 is 9.21 Å². The summed E-state index contributed by atoms with van der Waals surface area (Å²) in [6, 6.07) is 3.66. The zero-order chi connectivity index (χ0) is 11.5. The molecule has 16 heavy (non-hydrogen) atoms. The summed E-state index contributed by atoms with van der Waals surface area (Å²) in [5, 5.41) is 0. The van der Waals surface area contributed by atoms with Gasteiger partial charge in [-0.2, -0.15) is 0 Å². The number of Topliss-reactive ketones (excluding diaryl/α,β-unsaturated/α-hetero) is 1. The SMILES string of the molecule is CC(=O)c1ccc(CN2CCN(C)CC2)o1. The van der Waals surface area contributed by atoms with Crippen LogP contribution in [0.5, 0.6) is 0 Å². The molecular formula is C12H18N2O2. The number of hydrogen-bond donors (Lipinski definition) is 0. The van der Waals surface area contributed by atoms with Gasteiger partial charge in [0.1, 0.15) is 5.76 Å². The van der Waals surface area contributed by atoms with E-state index in [0.29, 0.717) is 5.76 Å². The van der Waals surface area contributed by atoms with E-state index in [4.69, 9.17) is 4.42 Å². The van der Waals surface area contributed by atoms with Crippen LogP contribution in [0.1, 0.15) is 23.2 Å². The number of carbonyl (C=O) groups is 1. The average molecular weight is 222 g/mol. The Morgan fingerprint density at radius 2 is 2.00 bits per heavy atom. The van der Waals surface area contributed by atoms with Gasteiger partial charge in [0.05, 0.1) is 6.54 Å². The van der Waals surface area contributed by atoms with Gasteiger partial charge >= 0.3 is 0 Å². The van der Waals surface area contributed by atoms with E-state index in [1.165, 1.54) is 6.92 Å². The molecule has 0 bridgehead atoms. The van der Waals surface area contributed by atoms with E-state index in [0.717, 1.165) is 38.5 Å². The van der Waals surface area contributed by atoms with Crippen molar-refractivity contribution in [3.63, 3.8) is 0 Å². The van der Waals surface area contributed by atoms with Crippen LogP contribution < -0.4 is 0 Å². The Kier molecular flexibility index (Phi) is 3.41. The van der Waals surface area contributed by atoms with E-state index in [1.807, 2.05) is 6.07 Å². The minimum Gasteiger partial charge on any atom is -0.457 e. The lowest BCUT2D eigenvalue weighted by molar-refractivity contribution is 0.0979. The molecule has 88 valence electrons. The van der Waals surface area contributed by atoms with Gasteiger partial charge in [-0.05, 0) is 19.2 Å². The van der Waals surface area contributed by atoms with Gasteiger partial charge in [0, 0.05) is 33.1 Å². The third-order valence-corrected chi connectivity index (χ3v) is 2.98. The van der Waals surface area contributed by atoms with Crippen LogP contribution in [0.25, 0.3) is 0 Å². The van der Waals surface area contributed by atoms with Crippen LogP contribution in [0, 0.1) is 0 Å². The summed E-state index contributed by atoms with van der Waals surface area (Å²) in [6.07, 6.45) is 0. The Morgan fingerprint density at radius 1 is 1.31 bits per heavy atom. The molecule has 4 heteroatoms. The molecule has 2 rings (SSSR count). The Balaban J connectivity index is 1.91. The number of carbonyl (C=O) groups excluding carboxylic acids is 1. The van der Waals surface area contributed by atoms with Crippen molar-refractivity contribution in [2.75, 3.05) is 33.2 Å². The maximum absolute atomic E-state index is 11.1. The Labute approximate surface area is 95.8 Å². The van der Waals surface area contributed by atoms with Crippen LogP contribution in [0.4, 0.5) is 0 Å². The van der Waals surface area contributed by atoms with Gasteiger partial charge in [-0.25, -0.2) is 0 Å². The molecule has 0 spiro atoms. The van der Waals surface area contributed by atoms with Gasteiger partial charge in [-0.15, -0.1) is 0 Å². The molecule has 0 radical (unpaired) electrons. The fourth-order valence-corrected chi connectivity index (χ4v) is 1.88. The van der Waals surface area contributed by atoms with Crippen LogP contribution in [0.15, 0.2) is 16.5 Å². The Bertz CT molecular complexity index is 365. The van der Waals surface area contributed by atoms with Gasteiger partial charge in [-0.3, -0.25) is 9.69 Å². The minimum absolute atomic E-state index is 0.00960. The van der Waals surface area contributed by atoms with Crippen molar-refractivity contribution in [3.05, 3.63) is 23.7 Å². The number of likely N-dealkylation sites (N-methyl/N-ethyl adjacent to an activating group) is 1. The number of hydrogen-bond acceptors (Lipinski definition) is 4. The highest BCUT2D eigenvalue weighted by Gasteiger charge is 2.15. The average Bonchev–Trinajstić information content (AvgIpc) is 2.70. The highest BCUT2D eigenvalue weighted by Crippen LogP contribution is 2.12. The number of ketones is 1. The summed E-state index contributed by atoms with van der Waals surface area (Å²) >= 11 is 0. The second kappa shape index (κ2) is 4.80. The Morgan fingerprint density at radius 3 is 2.56 bits per heavy atom. The molecule has 1 saturated heterocycles. The standard InChI is InChI=1S/C12H18N2O2/c1-10(15)12-4-3-11(16-12)9-14-7-5-13(2)6-8-14/h3-4H,5-9H2,1-2H3. The fourth-order valence-electron chi connectivity index (χ4n) is 1.88. The van der Waals surface area contributed by atoms with E-state index >= 15 is 0 Å².